The largest absolute Gasteiger partial charge is 0.389 e. The van der Waals surface area contributed by atoms with Gasteiger partial charge in [-0.3, -0.25) is 0 Å². The first-order valence-corrected chi connectivity index (χ1v) is 8.59. The third-order valence-electron chi connectivity index (χ3n) is 3.66. The Morgan fingerprint density at radius 2 is 2.20 bits per heavy atom. The summed E-state index contributed by atoms with van der Waals surface area (Å²) in [5, 5.41) is 11.8. The molecule has 2 nitrogen and oxygen atoms in total. The van der Waals surface area contributed by atoms with Crippen LogP contribution in [0.5, 0.6) is 0 Å². The predicted octanol–water partition coefficient (Wildman–Crippen LogP) is 4.73. The molecule has 1 aliphatic rings. The average molecular weight is 352 g/mol. The lowest BCUT2D eigenvalue weighted by molar-refractivity contribution is 0.199. The molecular weight excluding hydrogens is 334 g/mol. The number of rotatable bonds is 5. The fourth-order valence-corrected chi connectivity index (χ4v) is 3.71. The molecule has 1 aromatic carbocycles. The molecule has 1 N–H and O–H groups in total. The van der Waals surface area contributed by atoms with Crippen molar-refractivity contribution in [2.24, 2.45) is 0 Å². The molecular formula is C16H18BrNOS. The predicted molar refractivity (Wildman–Crippen MR) is 88.3 cm³/mol. The van der Waals surface area contributed by atoms with E-state index in [0.29, 0.717) is 6.04 Å². The molecule has 0 spiro atoms. The highest BCUT2D eigenvalue weighted by atomic mass is 79.9. The van der Waals surface area contributed by atoms with Crippen LogP contribution < -0.4 is 4.90 Å². The van der Waals surface area contributed by atoms with Crippen molar-refractivity contribution < 1.29 is 5.11 Å². The van der Waals surface area contributed by atoms with Gasteiger partial charge in [-0.25, -0.2) is 0 Å². The van der Waals surface area contributed by atoms with Crippen molar-refractivity contribution in [1.82, 2.24) is 0 Å². The lowest BCUT2D eigenvalue weighted by Gasteiger charge is -2.26. The maximum Gasteiger partial charge on any atom is 0.0762 e. The Balaban J connectivity index is 1.87. The number of hydrogen-bond donors (Lipinski definition) is 1. The fraction of sp³-hybridized carbons (Fsp3) is 0.375. The van der Waals surface area contributed by atoms with Crippen molar-refractivity contribution in [3.63, 3.8) is 0 Å². The smallest absolute Gasteiger partial charge is 0.0762 e. The van der Waals surface area contributed by atoms with Crippen molar-refractivity contribution in [2.75, 3.05) is 4.90 Å². The minimum Gasteiger partial charge on any atom is -0.389 e. The number of aliphatic hydroxyl groups is 1. The summed E-state index contributed by atoms with van der Waals surface area (Å²) in [6, 6.07) is 11.1. The molecule has 1 saturated carbocycles. The van der Waals surface area contributed by atoms with E-state index in [1.165, 1.54) is 23.4 Å². The van der Waals surface area contributed by atoms with E-state index < -0.39 is 6.10 Å². The summed E-state index contributed by atoms with van der Waals surface area (Å²) in [5.41, 5.74) is 2.18. The van der Waals surface area contributed by atoms with Crippen LogP contribution in [0.2, 0.25) is 0 Å². The number of halogens is 1. The number of hydrogen-bond acceptors (Lipinski definition) is 3. The van der Waals surface area contributed by atoms with E-state index in [9.17, 15) is 5.11 Å². The molecule has 2 aromatic rings. The maximum atomic E-state index is 9.67. The van der Waals surface area contributed by atoms with Gasteiger partial charge in [0, 0.05) is 15.4 Å². The van der Waals surface area contributed by atoms with Gasteiger partial charge in [-0.15, -0.1) is 11.3 Å². The molecule has 0 saturated heterocycles. The van der Waals surface area contributed by atoms with Gasteiger partial charge in [0.15, 0.2) is 0 Å². The highest BCUT2D eigenvalue weighted by Crippen LogP contribution is 2.38. The Hall–Kier alpha value is -0.840. The van der Waals surface area contributed by atoms with Gasteiger partial charge in [-0.2, -0.15) is 0 Å². The third kappa shape index (κ3) is 3.08. The second-order valence-electron chi connectivity index (χ2n) is 5.33. The fourth-order valence-electron chi connectivity index (χ4n) is 2.38. The lowest BCUT2D eigenvalue weighted by atomic mass is 10.1. The molecule has 0 aliphatic heterocycles. The first-order valence-electron chi connectivity index (χ1n) is 6.91. The van der Waals surface area contributed by atoms with Crippen LogP contribution in [0.4, 0.5) is 5.69 Å². The summed E-state index contributed by atoms with van der Waals surface area (Å²) < 4.78 is 1.07. The number of anilines is 1. The van der Waals surface area contributed by atoms with E-state index in [0.717, 1.165) is 16.6 Å². The molecule has 1 heterocycles. The molecule has 4 heteroatoms. The molecule has 0 unspecified atom stereocenters. The molecule has 106 valence electrons. The van der Waals surface area contributed by atoms with Crippen LogP contribution in [-0.4, -0.2) is 11.1 Å². The standard InChI is InChI=1S/C16H18BrNOS/c1-11(19)12-4-7-16(15(17)9-12)18(13-5-6-13)10-14-3-2-8-20-14/h2-4,7-9,11,13,19H,5-6,10H2,1H3/t11-/m0/s1. The van der Waals surface area contributed by atoms with Crippen molar-refractivity contribution in [1.29, 1.82) is 0 Å². The van der Waals surface area contributed by atoms with Crippen LogP contribution in [-0.2, 0) is 6.54 Å². The van der Waals surface area contributed by atoms with E-state index in [2.05, 4.69) is 44.4 Å². The van der Waals surface area contributed by atoms with Gasteiger partial charge >= 0.3 is 0 Å². The number of thiophene rings is 1. The highest BCUT2D eigenvalue weighted by molar-refractivity contribution is 9.10. The molecule has 1 atom stereocenters. The average Bonchev–Trinajstić information content (AvgIpc) is 3.14. The van der Waals surface area contributed by atoms with E-state index >= 15 is 0 Å². The van der Waals surface area contributed by atoms with Crippen LogP contribution >= 0.6 is 27.3 Å². The molecule has 1 aromatic heterocycles. The number of aliphatic hydroxyl groups excluding tert-OH is 1. The zero-order valence-electron chi connectivity index (χ0n) is 11.4. The molecule has 0 bridgehead atoms. The van der Waals surface area contributed by atoms with E-state index in [1.807, 2.05) is 23.5 Å². The van der Waals surface area contributed by atoms with Crippen LogP contribution in [0.15, 0.2) is 40.2 Å². The monoisotopic (exact) mass is 351 g/mol. The van der Waals surface area contributed by atoms with Gasteiger partial charge in [-0.05, 0) is 64.8 Å². The zero-order valence-corrected chi connectivity index (χ0v) is 13.8. The minimum atomic E-state index is -0.424. The van der Waals surface area contributed by atoms with Crippen molar-refractivity contribution >= 4 is 33.0 Å². The quantitative estimate of drug-likeness (QED) is 0.841. The van der Waals surface area contributed by atoms with Crippen LogP contribution in [0, 0.1) is 0 Å². The first kappa shape index (κ1) is 14.1. The van der Waals surface area contributed by atoms with Gasteiger partial charge in [0.2, 0.25) is 0 Å². The molecule has 3 rings (SSSR count). The van der Waals surface area contributed by atoms with Crippen LogP contribution in [0.3, 0.4) is 0 Å². The van der Waals surface area contributed by atoms with Gasteiger partial charge in [0.05, 0.1) is 18.3 Å². The topological polar surface area (TPSA) is 23.5 Å². The summed E-state index contributed by atoms with van der Waals surface area (Å²) in [5.74, 6) is 0. The number of benzene rings is 1. The Morgan fingerprint density at radius 1 is 1.40 bits per heavy atom. The van der Waals surface area contributed by atoms with Gasteiger partial charge < -0.3 is 10.0 Å². The molecule has 0 amide bonds. The van der Waals surface area contributed by atoms with E-state index in [1.54, 1.807) is 6.92 Å². The normalized spacial score (nSPS) is 16.1. The summed E-state index contributed by atoms with van der Waals surface area (Å²) >= 11 is 5.47. The minimum absolute atomic E-state index is 0.424. The lowest BCUT2D eigenvalue weighted by Crippen LogP contribution is -2.25. The second-order valence-corrected chi connectivity index (χ2v) is 7.21. The Kier molecular flexibility index (Phi) is 4.15. The van der Waals surface area contributed by atoms with Crippen molar-refractivity contribution in [2.45, 2.75) is 38.5 Å². The number of nitrogens with zero attached hydrogens (tertiary/aromatic N) is 1. The second kappa shape index (κ2) is 5.88. The molecule has 20 heavy (non-hydrogen) atoms. The Morgan fingerprint density at radius 3 is 2.75 bits per heavy atom. The van der Waals surface area contributed by atoms with Gasteiger partial charge in [0.1, 0.15) is 0 Å². The SMILES string of the molecule is C[C@H](O)c1ccc(N(Cc2cccs2)C2CC2)c(Br)c1. The van der Waals surface area contributed by atoms with Crippen LogP contribution in [0.1, 0.15) is 36.3 Å². The van der Waals surface area contributed by atoms with Gasteiger partial charge in [0.25, 0.3) is 0 Å². The summed E-state index contributed by atoms with van der Waals surface area (Å²) in [6.45, 7) is 2.76. The summed E-state index contributed by atoms with van der Waals surface area (Å²) in [6.07, 6.45) is 2.12. The third-order valence-corrected chi connectivity index (χ3v) is 5.15. The summed E-state index contributed by atoms with van der Waals surface area (Å²) in [7, 11) is 0. The first-order chi connectivity index (χ1) is 9.65. The zero-order chi connectivity index (χ0) is 14.1. The van der Waals surface area contributed by atoms with Gasteiger partial charge in [-0.1, -0.05) is 12.1 Å². The molecule has 1 fully saturated rings. The Labute approximate surface area is 132 Å². The Bertz CT molecular complexity index is 578. The summed E-state index contributed by atoms with van der Waals surface area (Å²) in [4.78, 5) is 3.87. The molecule has 1 aliphatic carbocycles. The van der Waals surface area contributed by atoms with E-state index in [4.69, 9.17) is 0 Å². The van der Waals surface area contributed by atoms with Crippen molar-refractivity contribution in [3.8, 4) is 0 Å². The maximum absolute atomic E-state index is 9.67. The van der Waals surface area contributed by atoms with Crippen molar-refractivity contribution in [3.05, 3.63) is 50.6 Å². The van der Waals surface area contributed by atoms with Crippen LogP contribution in [0.25, 0.3) is 0 Å². The molecule has 0 radical (unpaired) electrons. The van der Waals surface area contributed by atoms with E-state index in [-0.39, 0.29) is 0 Å². The highest BCUT2D eigenvalue weighted by Gasteiger charge is 2.30.